The van der Waals surface area contributed by atoms with Gasteiger partial charge in [-0.2, -0.15) is 0 Å². The molecule has 8 heteroatoms. The molecule has 1 aliphatic rings. The first-order valence-electron chi connectivity index (χ1n) is 18.1. The van der Waals surface area contributed by atoms with E-state index in [-0.39, 0.29) is 34.9 Å². The van der Waals surface area contributed by atoms with Crippen molar-refractivity contribution in [3.05, 3.63) is 126 Å². The largest absolute Gasteiger partial charge is 0.365 e. The number of hydrogen-bond acceptors (Lipinski definition) is 7. The Bertz CT molecular complexity index is 2170. The van der Waals surface area contributed by atoms with E-state index in [9.17, 15) is 14.4 Å². The minimum absolute atomic E-state index is 0.106. The van der Waals surface area contributed by atoms with Gasteiger partial charge < -0.3 is 14.2 Å². The summed E-state index contributed by atoms with van der Waals surface area (Å²) in [7, 11) is 0. The summed E-state index contributed by atoms with van der Waals surface area (Å²) in [4.78, 5) is 51.9. The van der Waals surface area contributed by atoms with Gasteiger partial charge in [0.1, 0.15) is 11.4 Å². The Kier molecular flexibility index (Phi) is 11.2. The maximum atomic E-state index is 14.2. The molecule has 1 heterocycles. The monoisotopic (exact) mass is 695 g/mol. The number of benzene rings is 4. The van der Waals surface area contributed by atoms with E-state index in [0.29, 0.717) is 34.8 Å². The predicted molar refractivity (Wildman–Crippen MR) is 208 cm³/mol. The van der Waals surface area contributed by atoms with Crippen molar-refractivity contribution in [1.82, 2.24) is 4.57 Å². The van der Waals surface area contributed by atoms with Crippen molar-refractivity contribution in [2.45, 2.75) is 72.3 Å². The van der Waals surface area contributed by atoms with Gasteiger partial charge in [-0.1, -0.05) is 105 Å². The lowest BCUT2D eigenvalue weighted by Gasteiger charge is -2.13. The van der Waals surface area contributed by atoms with Gasteiger partial charge in [0.15, 0.2) is 5.76 Å². The average molecular weight is 696 g/mol. The van der Waals surface area contributed by atoms with Crippen molar-refractivity contribution in [3.63, 3.8) is 0 Å². The number of oxime groups is 2. The minimum atomic E-state index is -0.612. The summed E-state index contributed by atoms with van der Waals surface area (Å²) in [6.07, 6.45) is 5.85. The SMILES string of the molecule is C=C(O/N=C(/C(=O)c1ccc2c(c1)c1cc(C(=O)/C(CCC3CCCC3)=N/OC(=O)c3ccccc3)ccc1n2C(C)C)C(C)C)c1ccccc1. The molecule has 8 nitrogen and oxygen atoms in total. The van der Waals surface area contributed by atoms with Gasteiger partial charge in [-0.25, -0.2) is 4.79 Å². The van der Waals surface area contributed by atoms with Gasteiger partial charge in [0, 0.05) is 50.5 Å². The van der Waals surface area contributed by atoms with Crippen molar-refractivity contribution < 1.29 is 24.1 Å². The third-order valence-electron chi connectivity index (χ3n) is 9.75. The Morgan fingerprint density at radius 3 is 1.83 bits per heavy atom. The van der Waals surface area contributed by atoms with Crippen LogP contribution in [0.1, 0.15) is 109 Å². The zero-order valence-corrected chi connectivity index (χ0v) is 30.3. The molecule has 0 atom stereocenters. The molecule has 4 aromatic carbocycles. The molecule has 1 aromatic heterocycles. The Balaban J connectivity index is 1.35. The molecule has 0 amide bonds. The van der Waals surface area contributed by atoms with Crippen LogP contribution in [0, 0.1) is 11.8 Å². The molecular formula is C44H45N3O5. The zero-order chi connectivity index (χ0) is 36.8. The molecule has 0 bridgehead atoms. The van der Waals surface area contributed by atoms with E-state index in [1.54, 1.807) is 30.3 Å². The number of Topliss-reactive ketones (excluding diaryl/α,β-unsaturated/α-hetero) is 2. The molecule has 0 radical (unpaired) electrons. The van der Waals surface area contributed by atoms with Crippen molar-refractivity contribution in [1.29, 1.82) is 0 Å². The minimum Gasteiger partial charge on any atom is -0.357 e. The highest BCUT2D eigenvalue weighted by atomic mass is 16.7. The number of fused-ring (bicyclic) bond motifs is 3. The van der Waals surface area contributed by atoms with E-state index >= 15 is 0 Å². The van der Waals surface area contributed by atoms with Gasteiger partial charge in [-0.05, 0) is 81.1 Å². The van der Waals surface area contributed by atoms with Crippen LogP contribution in [0.2, 0.25) is 0 Å². The van der Waals surface area contributed by atoms with E-state index in [4.69, 9.17) is 9.68 Å². The normalized spacial score (nSPS) is 14.0. The average Bonchev–Trinajstić information content (AvgIpc) is 3.80. The van der Waals surface area contributed by atoms with Crippen LogP contribution < -0.4 is 0 Å². The third-order valence-corrected chi connectivity index (χ3v) is 9.75. The fourth-order valence-corrected chi connectivity index (χ4v) is 6.96. The van der Waals surface area contributed by atoms with Crippen molar-refractivity contribution in [2.24, 2.45) is 22.1 Å². The molecule has 1 aliphatic carbocycles. The van der Waals surface area contributed by atoms with Crippen molar-refractivity contribution in [3.8, 4) is 0 Å². The highest BCUT2D eigenvalue weighted by Gasteiger charge is 2.24. The topological polar surface area (TPSA) is 99.3 Å². The molecular weight excluding hydrogens is 650 g/mol. The molecule has 1 fully saturated rings. The molecule has 0 N–H and O–H groups in total. The Hall–Kier alpha value is -5.63. The number of rotatable bonds is 14. The number of nitrogens with zero attached hydrogens (tertiary/aromatic N) is 3. The fraction of sp³-hybridized carbons (Fsp3) is 0.295. The molecule has 0 aliphatic heterocycles. The Labute approximate surface area is 304 Å². The van der Waals surface area contributed by atoms with Gasteiger partial charge in [-0.15, -0.1) is 0 Å². The van der Waals surface area contributed by atoms with E-state index < -0.39 is 5.97 Å². The summed E-state index contributed by atoms with van der Waals surface area (Å²) in [6.45, 7) is 12.0. The second-order valence-electron chi connectivity index (χ2n) is 14.1. The van der Waals surface area contributed by atoms with Crippen molar-refractivity contribution >= 4 is 56.5 Å². The number of carbonyl (C=O) groups is 3. The van der Waals surface area contributed by atoms with E-state index in [1.807, 2.05) is 80.6 Å². The molecule has 1 saturated carbocycles. The number of ketones is 2. The number of hydrogen-bond donors (Lipinski definition) is 0. The molecule has 0 saturated heterocycles. The first kappa shape index (κ1) is 36.2. The van der Waals surface area contributed by atoms with Crippen LogP contribution in [0.5, 0.6) is 0 Å². The highest BCUT2D eigenvalue weighted by Crippen LogP contribution is 2.34. The van der Waals surface area contributed by atoms with Crippen molar-refractivity contribution in [2.75, 3.05) is 0 Å². The van der Waals surface area contributed by atoms with Crippen LogP contribution in [-0.4, -0.2) is 33.5 Å². The lowest BCUT2D eigenvalue weighted by Crippen LogP contribution is -2.20. The van der Waals surface area contributed by atoms with Crippen LogP contribution in [0.15, 0.2) is 114 Å². The molecule has 6 rings (SSSR count). The summed E-state index contributed by atoms with van der Waals surface area (Å²) in [5.74, 6) is -0.503. The maximum absolute atomic E-state index is 14.2. The van der Waals surface area contributed by atoms with Gasteiger partial charge in [-0.3, -0.25) is 9.59 Å². The lowest BCUT2D eigenvalue weighted by molar-refractivity contribution is 0.0514. The summed E-state index contributed by atoms with van der Waals surface area (Å²) in [6, 6.07) is 29.4. The number of aromatic nitrogens is 1. The van der Waals surface area contributed by atoms with Gasteiger partial charge in [0.2, 0.25) is 11.6 Å². The first-order valence-corrected chi connectivity index (χ1v) is 18.1. The number of carbonyl (C=O) groups excluding carboxylic acids is 3. The summed E-state index contributed by atoms with van der Waals surface area (Å²) < 4.78 is 2.20. The Morgan fingerprint density at radius 2 is 1.27 bits per heavy atom. The maximum Gasteiger partial charge on any atom is 0.365 e. The van der Waals surface area contributed by atoms with E-state index in [1.165, 1.54) is 12.8 Å². The van der Waals surface area contributed by atoms with Gasteiger partial charge >= 0.3 is 5.97 Å². The summed E-state index contributed by atoms with van der Waals surface area (Å²) in [5.41, 5.74) is 4.39. The summed E-state index contributed by atoms with van der Waals surface area (Å²) >= 11 is 0. The second-order valence-corrected chi connectivity index (χ2v) is 14.1. The first-order chi connectivity index (χ1) is 25.1. The lowest BCUT2D eigenvalue weighted by atomic mass is 9.95. The van der Waals surface area contributed by atoms with Crippen LogP contribution in [-0.2, 0) is 9.68 Å². The molecule has 0 unspecified atom stereocenters. The Morgan fingerprint density at radius 1 is 0.712 bits per heavy atom. The standard InChI is InChI=1S/C44H45N3O5/c1-28(2)41(46-51-30(5)32-16-8-6-9-17-32)43(49)35-22-25-40-37(27-35)36-26-34(21-24-39(36)47(40)29(3)4)42(48)38(23-20-31-14-12-13-15-31)45-52-44(50)33-18-10-7-11-19-33/h6-11,16-19,21-22,24-29,31H,5,12-15,20,23H2,1-4H3/b45-38+,46-41+. The van der Waals surface area contributed by atoms with Gasteiger partial charge in [0.05, 0.1) is 5.56 Å². The molecule has 52 heavy (non-hydrogen) atoms. The smallest absolute Gasteiger partial charge is 0.357 e. The molecule has 0 spiro atoms. The van der Waals surface area contributed by atoms with Crippen LogP contribution >= 0.6 is 0 Å². The van der Waals surface area contributed by atoms with Crippen LogP contribution in [0.25, 0.3) is 27.6 Å². The molecule has 266 valence electrons. The zero-order valence-electron chi connectivity index (χ0n) is 30.3. The quantitative estimate of drug-likeness (QED) is 0.0378. The summed E-state index contributed by atoms with van der Waals surface area (Å²) in [5, 5.41) is 10.1. The van der Waals surface area contributed by atoms with E-state index in [0.717, 1.165) is 46.6 Å². The highest BCUT2D eigenvalue weighted by molar-refractivity contribution is 6.47. The van der Waals surface area contributed by atoms with Crippen LogP contribution in [0.3, 0.4) is 0 Å². The fourth-order valence-electron chi connectivity index (χ4n) is 6.96. The third kappa shape index (κ3) is 7.96. The predicted octanol–water partition coefficient (Wildman–Crippen LogP) is 10.6. The molecule has 5 aromatic rings. The second kappa shape index (κ2) is 16.1. The van der Waals surface area contributed by atoms with E-state index in [2.05, 4.69) is 35.3 Å². The van der Waals surface area contributed by atoms with Crippen LogP contribution in [0.4, 0.5) is 0 Å². The van der Waals surface area contributed by atoms with Gasteiger partial charge in [0.25, 0.3) is 0 Å².